The third kappa shape index (κ3) is 1.31. The first kappa shape index (κ1) is 8.26. The zero-order chi connectivity index (χ0) is 9.42. The Bertz CT molecular complexity index is 360. The maximum Gasteiger partial charge on any atom is 0.241 e. The number of rotatable bonds is 0. The van der Waals surface area contributed by atoms with E-state index in [2.05, 4.69) is 0 Å². The fourth-order valence-electron chi connectivity index (χ4n) is 1.61. The van der Waals surface area contributed by atoms with Gasteiger partial charge in [-0.25, -0.2) is 10.9 Å². The van der Waals surface area contributed by atoms with E-state index in [9.17, 15) is 4.79 Å². The van der Waals surface area contributed by atoms with Crippen LogP contribution >= 0.6 is 0 Å². The molecule has 1 aliphatic heterocycles. The van der Waals surface area contributed by atoms with Crippen molar-refractivity contribution < 1.29 is 4.79 Å². The predicted octanol–water partition coefficient (Wildman–Crippen LogP) is 1.15. The van der Waals surface area contributed by atoms with Crippen molar-refractivity contribution in [2.45, 2.75) is 19.8 Å². The highest BCUT2D eigenvalue weighted by Crippen LogP contribution is 2.26. The van der Waals surface area contributed by atoms with Gasteiger partial charge >= 0.3 is 0 Å². The van der Waals surface area contributed by atoms with Crippen LogP contribution in [0.3, 0.4) is 0 Å². The Morgan fingerprint density at radius 2 is 2.15 bits per heavy atom. The molecule has 1 heterocycles. The molecule has 3 nitrogen and oxygen atoms in total. The molecule has 0 saturated heterocycles. The molecule has 2 N–H and O–H groups in total. The fraction of sp³-hybridized carbons (Fsp3) is 0.300. The van der Waals surface area contributed by atoms with Gasteiger partial charge in [-0.2, -0.15) is 0 Å². The summed E-state index contributed by atoms with van der Waals surface area (Å²) in [4.78, 5) is 11.3. The molecule has 0 atom stereocenters. The van der Waals surface area contributed by atoms with Crippen LogP contribution in [-0.4, -0.2) is 5.91 Å². The Balaban J connectivity index is 2.51. The highest BCUT2D eigenvalue weighted by Gasteiger charge is 2.20. The summed E-state index contributed by atoms with van der Waals surface area (Å²) in [7, 11) is 0. The van der Waals surface area contributed by atoms with Gasteiger partial charge in [-0.05, 0) is 30.5 Å². The van der Waals surface area contributed by atoms with Crippen molar-refractivity contribution in [2.75, 3.05) is 5.01 Å². The molecule has 0 unspecified atom stereocenters. The van der Waals surface area contributed by atoms with Gasteiger partial charge in [-0.1, -0.05) is 12.1 Å². The molecule has 0 radical (unpaired) electrons. The lowest BCUT2D eigenvalue weighted by Gasteiger charge is -2.25. The number of benzene rings is 1. The third-order valence-electron chi connectivity index (χ3n) is 2.38. The van der Waals surface area contributed by atoms with Crippen LogP contribution in [0.5, 0.6) is 0 Å². The van der Waals surface area contributed by atoms with E-state index < -0.39 is 0 Å². The number of nitrogens with two attached hydrogens (primary N) is 1. The molecule has 0 aromatic heterocycles. The average Bonchev–Trinajstić information content (AvgIpc) is 2.12. The van der Waals surface area contributed by atoms with Crippen LogP contribution < -0.4 is 10.9 Å². The van der Waals surface area contributed by atoms with E-state index in [0.717, 1.165) is 23.2 Å². The number of carbonyl (C=O) groups excluding carboxylic acids is 1. The number of carbonyl (C=O) groups is 1. The summed E-state index contributed by atoms with van der Waals surface area (Å²) in [6.45, 7) is 1.99. The first-order valence-electron chi connectivity index (χ1n) is 4.35. The lowest BCUT2D eigenvalue weighted by Crippen LogP contribution is -2.40. The zero-order valence-electron chi connectivity index (χ0n) is 7.58. The lowest BCUT2D eigenvalue weighted by atomic mass is 10.0. The minimum atomic E-state index is -0.00176. The van der Waals surface area contributed by atoms with Crippen molar-refractivity contribution in [3.63, 3.8) is 0 Å². The summed E-state index contributed by atoms with van der Waals surface area (Å²) < 4.78 is 0. The maximum absolute atomic E-state index is 11.3. The molecule has 0 bridgehead atoms. The minimum Gasteiger partial charge on any atom is -0.273 e. The molecule has 68 valence electrons. The van der Waals surface area contributed by atoms with E-state index >= 15 is 0 Å². The summed E-state index contributed by atoms with van der Waals surface area (Å²) in [6.07, 6.45) is 1.33. The molecule has 0 aliphatic carbocycles. The van der Waals surface area contributed by atoms with Gasteiger partial charge in [0.15, 0.2) is 0 Å². The minimum absolute atomic E-state index is 0.00176. The number of aryl methyl sites for hydroxylation is 2. The second-order valence-corrected chi connectivity index (χ2v) is 3.40. The van der Waals surface area contributed by atoms with Gasteiger partial charge in [0.1, 0.15) is 0 Å². The van der Waals surface area contributed by atoms with Crippen molar-refractivity contribution in [2.24, 2.45) is 5.84 Å². The number of amides is 1. The van der Waals surface area contributed by atoms with Gasteiger partial charge < -0.3 is 0 Å². The predicted molar refractivity (Wildman–Crippen MR) is 51.2 cm³/mol. The molecule has 1 aromatic carbocycles. The van der Waals surface area contributed by atoms with Crippen LogP contribution in [0, 0.1) is 6.92 Å². The molecule has 1 aliphatic rings. The van der Waals surface area contributed by atoms with Crippen molar-refractivity contribution >= 4 is 11.6 Å². The molecular formula is C10H12N2O. The molecule has 3 heteroatoms. The number of anilines is 1. The van der Waals surface area contributed by atoms with E-state index in [1.165, 1.54) is 5.01 Å². The van der Waals surface area contributed by atoms with E-state index in [4.69, 9.17) is 5.84 Å². The molecule has 13 heavy (non-hydrogen) atoms. The van der Waals surface area contributed by atoms with Crippen LogP contribution in [0.1, 0.15) is 17.5 Å². The molecule has 0 fully saturated rings. The second-order valence-electron chi connectivity index (χ2n) is 3.40. The Labute approximate surface area is 77.1 Å². The lowest BCUT2D eigenvalue weighted by molar-refractivity contribution is -0.118. The summed E-state index contributed by atoms with van der Waals surface area (Å²) in [5, 5.41) is 1.26. The second kappa shape index (κ2) is 2.85. The van der Waals surface area contributed by atoms with Crippen LogP contribution in [0.15, 0.2) is 18.2 Å². The van der Waals surface area contributed by atoms with E-state index in [1.54, 1.807) is 0 Å². The van der Waals surface area contributed by atoms with Gasteiger partial charge in [-0.15, -0.1) is 0 Å². The molecule has 2 rings (SSSR count). The number of hydrazine groups is 1. The number of nitrogens with zero attached hydrogens (tertiary/aromatic N) is 1. The van der Waals surface area contributed by atoms with Crippen molar-refractivity contribution in [3.8, 4) is 0 Å². The highest BCUT2D eigenvalue weighted by atomic mass is 16.2. The average molecular weight is 176 g/mol. The van der Waals surface area contributed by atoms with E-state index in [1.807, 2.05) is 25.1 Å². The van der Waals surface area contributed by atoms with E-state index in [-0.39, 0.29) is 5.91 Å². The SMILES string of the molecule is Cc1ccc2c(c1)N(N)C(=O)CC2. The molecule has 0 saturated carbocycles. The van der Waals surface area contributed by atoms with Gasteiger partial charge in [0.25, 0.3) is 0 Å². The zero-order valence-corrected chi connectivity index (χ0v) is 7.58. The standard InChI is InChI=1S/C10H12N2O/c1-7-2-3-8-4-5-10(13)12(11)9(8)6-7/h2-3,6H,4-5,11H2,1H3. The fourth-order valence-corrected chi connectivity index (χ4v) is 1.61. The molecule has 0 spiro atoms. The Morgan fingerprint density at radius 1 is 1.38 bits per heavy atom. The van der Waals surface area contributed by atoms with Crippen molar-refractivity contribution in [1.82, 2.24) is 0 Å². The normalized spacial score (nSPS) is 15.8. The van der Waals surface area contributed by atoms with Crippen LogP contribution in [-0.2, 0) is 11.2 Å². The molecule has 1 aromatic rings. The highest BCUT2D eigenvalue weighted by molar-refractivity contribution is 5.95. The summed E-state index contributed by atoms with van der Waals surface area (Å²) in [6, 6.07) is 6.03. The van der Waals surface area contributed by atoms with Crippen molar-refractivity contribution in [3.05, 3.63) is 29.3 Å². The Morgan fingerprint density at radius 3 is 2.92 bits per heavy atom. The van der Waals surface area contributed by atoms with Gasteiger partial charge in [-0.3, -0.25) is 4.79 Å². The number of hydrogen-bond donors (Lipinski definition) is 1. The number of hydrogen-bond acceptors (Lipinski definition) is 2. The summed E-state index contributed by atoms with van der Waals surface area (Å²) in [5.74, 6) is 5.64. The topological polar surface area (TPSA) is 46.3 Å². The Hall–Kier alpha value is -1.35. The van der Waals surface area contributed by atoms with Crippen LogP contribution in [0.2, 0.25) is 0 Å². The molecular weight excluding hydrogens is 164 g/mol. The van der Waals surface area contributed by atoms with Gasteiger partial charge in [0, 0.05) is 6.42 Å². The summed E-state index contributed by atoms with van der Waals surface area (Å²) in [5.41, 5.74) is 3.15. The number of fused-ring (bicyclic) bond motifs is 1. The van der Waals surface area contributed by atoms with E-state index in [0.29, 0.717) is 6.42 Å². The summed E-state index contributed by atoms with van der Waals surface area (Å²) >= 11 is 0. The Kier molecular flexibility index (Phi) is 1.81. The smallest absolute Gasteiger partial charge is 0.241 e. The van der Waals surface area contributed by atoms with Crippen molar-refractivity contribution in [1.29, 1.82) is 0 Å². The third-order valence-corrected chi connectivity index (χ3v) is 2.38. The monoisotopic (exact) mass is 176 g/mol. The first-order chi connectivity index (χ1) is 6.18. The molecule has 1 amide bonds. The first-order valence-corrected chi connectivity index (χ1v) is 4.35. The maximum atomic E-state index is 11.3. The van der Waals surface area contributed by atoms with Gasteiger partial charge in [0.2, 0.25) is 5.91 Å². The van der Waals surface area contributed by atoms with Gasteiger partial charge in [0.05, 0.1) is 5.69 Å². The van der Waals surface area contributed by atoms with Crippen LogP contribution in [0.4, 0.5) is 5.69 Å². The van der Waals surface area contributed by atoms with Crippen LogP contribution in [0.25, 0.3) is 0 Å². The quantitative estimate of drug-likeness (QED) is 0.476. The largest absolute Gasteiger partial charge is 0.273 e.